The number of ether oxygens (including phenoxy) is 3. The number of aromatic nitrogens is 2. The highest BCUT2D eigenvalue weighted by Crippen LogP contribution is 2.38. The minimum Gasteiger partial charge on any atom is -0.497 e. The lowest BCUT2D eigenvalue weighted by atomic mass is 9.94. The van der Waals surface area contributed by atoms with Gasteiger partial charge in [-0.3, -0.25) is 0 Å². The first kappa shape index (κ1) is 24.6. The van der Waals surface area contributed by atoms with Crippen molar-refractivity contribution in [3.63, 3.8) is 0 Å². The summed E-state index contributed by atoms with van der Waals surface area (Å²) in [5, 5.41) is 8.12. The standard InChI is InChI=1S/C25H27FN4O4S/c1-15-21(24-28-23(29-34-24)17-9-10-20(33-4)19(26)14-17)22(16-7-5-8-18(13-16)32-3)27-25(35)30(15)11-6-12-31-2/h5,7-10,13-14,22H,6,11-12H2,1-4H3,(H,27,35). The van der Waals surface area contributed by atoms with E-state index in [1.54, 1.807) is 20.3 Å². The number of thiocarbonyl (C=S) groups is 1. The van der Waals surface area contributed by atoms with Crippen LogP contribution in [0.4, 0.5) is 4.39 Å². The van der Waals surface area contributed by atoms with Crippen molar-refractivity contribution in [3.05, 3.63) is 65.4 Å². The molecule has 1 aliphatic heterocycles. The summed E-state index contributed by atoms with van der Waals surface area (Å²) in [5.41, 5.74) is 3.06. The number of nitrogens with zero attached hydrogens (tertiary/aromatic N) is 3. The molecular weight excluding hydrogens is 471 g/mol. The van der Waals surface area contributed by atoms with Crippen molar-refractivity contribution >= 4 is 22.9 Å². The first-order chi connectivity index (χ1) is 17.0. The largest absolute Gasteiger partial charge is 0.497 e. The average molecular weight is 499 g/mol. The Labute approximate surface area is 208 Å². The molecule has 8 nitrogen and oxygen atoms in total. The summed E-state index contributed by atoms with van der Waals surface area (Å²) in [6, 6.07) is 11.9. The molecule has 0 saturated carbocycles. The third-order valence-electron chi connectivity index (χ3n) is 5.82. The second-order valence-corrected chi connectivity index (χ2v) is 8.32. The van der Waals surface area contributed by atoms with Crippen molar-refractivity contribution in [2.45, 2.75) is 19.4 Å². The molecule has 10 heteroatoms. The Bertz CT molecular complexity index is 1250. The third kappa shape index (κ3) is 5.13. The van der Waals surface area contributed by atoms with E-state index in [0.29, 0.717) is 29.7 Å². The highest BCUT2D eigenvalue weighted by atomic mass is 32.1. The molecule has 0 radical (unpaired) electrons. The van der Waals surface area contributed by atoms with Crippen molar-refractivity contribution in [3.8, 4) is 22.9 Å². The summed E-state index contributed by atoms with van der Waals surface area (Å²) < 4.78 is 35.6. The number of methoxy groups -OCH3 is 3. The molecule has 0 fully saturated rings. The van der Waals surface area contributed by atoms with Crippen molar-refractivity contribution in [1.29, 1.82) is 0 Å². The lowest BCUT2D eigenvalue weighted by molar-refractivity contribution is 0.188. The highest BCUT2D eigenvalue weighted by Gasteiger charge is 2.34. The van der Waals surface area contributed by atoms with Crippen LogP contribution in [0.2, 0.25) is 0 Å². The molecule has 184 valence electrons. The maximum absolute atomic E-state index is 14.3. The van der Waals surface area contributed by atoms with E-state index < -0.39 is 5.82 Å². The molecule has 0 aliphatic carbocycles. The lowest BCUT2D eigenvalue weighted by Gasteiger charge is -2.37. The number of nitrogens with one attached hydrogen (secondary N) is 1. The fourth-order valence-electron chi connectivity index (χ4n) is 4.02. The molecule has 2 aromatic carbocycles. The van der Waals surface area contributed by atoms with Crippen LogP contribution < -0.4 is 14.8 Å². The molecular formula is C25H27FN4O4S. The monoisotopic (exact) mass is 498 g/mol. The fourth-order valence-corrected chi connectivity index (χ4v) is 4.37. The minimum atomic E-state index is -0.505. The predicted molar refractivity (Wildman–Crippen MR) is 134 cm³/mol. The van der Waals surface area contributed by atoms with Gasteiger partial charge in [-0.1, -0.05) is 17.3 Å². The van der Waals surface area contributed by atoms with Gasteiger partial charge in [0.05, 0.1) is 25.8 Å². The van der Waals surface area contributed by atoms with E-state index in [-0.39, 0.29) is 17.6 Å². The molecule has 1 unspecified atom stereocenters. The van der Waals surface area contributed by atoms with Gasteiger partial charge in [-0.2, -0.15) is 4.98 Å². The second kappa shape index (κ2) is 10.8. The van der Waals surface area contributed by atoms with Gasteiger partial charge in [-0.05, 0) is 61.5 Å². The van der Waals surface area contributed by atoms with Gasteiger partial charge >= 0.3 is 0 Å². The topological polar surface area (TPSA) is 81.9 Å². The maximum Gasteiger partial charge on any atom is 0.258 e. The number of hydrogen-bond acceptors (Lipinski definition) is 7. The average Bonchev–Trinajstić information content (AvgIpc) is 3.35. The second-order valence-electron chi connectivity index (χ2n) is 7.93. The van der Waals surface area contributed by atoms with Crippen LogP contribution in [-0.4, -0.2) is 54.6 Å². The van der Waals surface area contributed by atoms with E-state index in [4.69, 9.17) is 31.0 Å². The minimum absolute atomic E-state index is 0.144. The zero-order valence-corrected chi connectivity index (χ0v) is 20.8. The quantitative estimate of drug-likeness (QED) is 0.336. The Morgan fingerprint density at radius 1 is 1.14 bits per heavy atom. The van der Waals surface area contributed by atoms with E-state index in [1.165, 1.54) is 19.2 Å². The maximum atomic E-state index is 14.3. The van der Waals surface area contributed by atoms with E-state index in [2.05, 4.69) is 15.5 Å². The summed E-state index contributed by atoms with van der Waals surface area (Å²) in [6.07, 6.45) is 0.785. The van der Waals surface area contributed by atoms with Gasteiger partial charge < -0.3 is 29.0 Å². The van der Waals surface area contributed by atoms with Gasteiger partial charge in [0.15, 0.2) is 16.7 Å². The van der Waals surface area contributed by atoms with Gasteiger partial charge in [-0.15, -0.1) is 0 Å². The van der Waals surface area contributed by atoms with Gasteiger partial charge in [0.1, 0.15) is 5.75 Å². The molecule has 1 N–H and O–H groups in total. The van der Waals surface area contributed by atoms with E-state index >= 15 is 0 Å². The number of allylic oxidation sites excluding steroid dienone is 1. The van der Waals surface area contributed by atoms with Gasteiger partial charge in [0.2, 0.25) is 5.82 Å². The molecule has 0 bridgehead atoms. The smallest absolute Gasteiger partial charge is 0.258 e. The number of benzene rings is 2. The van der Waals surface area contributed by atoms with Crippen LogP contribution in [0.5, 0.6) is 11.5 Å². The fraction of sp³-hybridized carbons (Fsp3) is 0.320. The third-order valence-corrected chi connectivity index (χ3v) is 6.16. The molecule has 1 atom stereocenters. The van der Waals surface area contributed by atoms with Crippen LogP contribution in [0.3, 0.4) is 0 Å². The summed E-state index contributed by atoms with van der Waals surface area (Å²) in [6.45, 7) is 3.23. The van der Waals surface area contributed by atoms with E-state index in [9.17, 15) is 4.39 Å². The highest BCUT2D eigenvalue weighted by molar-refractivity contribution is 7.80. The summed E-state index contributed by atoms with van der Waals surface area (Å²) in [4.78, 5) is 6.61. The zero-order chi connectivity index (χ0) is 24.9. The number of rotatable bonds is 9. The zero-order valence-electron chi connectivity index (χ0n) is 20.0. The summed E-state index contributed by atoms with van der Waals surface area (Å²) in [5.74, 6) is 0.939. The normalized spacial score (nSPS) is 15.9. The van der Waals surface area contributed by atoms with Crippen molar-refractivity contribution < 1.29 is 23.1 Å². The van der Waals surface area contributed by atoms with Gasteiger partial charge in [0.25, 0.3) is 5.89 Å². The lowest BCUT2D eigenvalue weighted by Crippen LogP contribution is -2.46. The summed E-state index contributed by atoms with van der Waals surface area (Å²) in [7, 11) is 4.70. The SMILES string of the molecule is COCCCN1C(=S)NC(c2cccc(OC)c2)C(c2nc(-c3ccc(OC)c(F)c3)no2)=C1C. The molecule has 0 spiro atoms. The van der Waals surface area contributed by atoms with Crippen LogP contribution in [0.15, 0.2) is 52.7 Å². The number of hydrogen-bond donors (Lipinski definition) is 1. The molecule has 0 amide bonds. The Morgan fingerprint density at radius 2 is 1.97 bits per heavy atom. The Balaban J connectivity index is 1.77. The Hall–Kier alpha value is -3.50. The van der Waals surface area contributed by atoms with Gasteiger partial charge in [-0.25, -0.2) is 4.39 Å². The first-order valence-electron chi connectivity index (χ1n) is 11.1. The molecule has 35 heavy (non-hydrogen) atoms. The Morgan fingerprint density at radius 3 is 2.69 bits per heavy atom. The van der Waals surface area contributed by atoms with Crippen LogP contribution in [0.25, 0.3) is 17.0 Å². The van der Waals surface area contributed by atoms with Crippen LogP contribution in [0.1, 0.15) is 30.8 Å². The van der Waals surface area contributed by atoms with Crippen molar-refractivity contribution in [2.75, 3.05) is 34.5 Å². The molecule has 0 saturated heterocycles. The van der Waals surface area contributed by atoms with E-state index in [1.807, 2.05) is 36.1 Å². The van der Waals surface area contributed by atoms with Gasteiger partial charge in [0, 0.05) is 31.5 Å². The molecule has 4 rings (SSSR count). The predicted octanol–water partition coefficient (Wildman–Crippen LogP) is 4.59. The molecule has 1 aliphatic rings. The van der Waals surface area contributed by atoms with Crippen molar-refractivity contribution in [1.82, 2.24) is 20.4 Å². The summed E-state index contributed by atoms with van der Waals surface area (Å²) >= 11 is 5.70. The van der Waals surface area contributed by atoms with Crippen LogP contribution >= 0.6 is 12.2 Å². The molecule has 3 aromatic rings. The Kier molecular flexibility index (Phi) is 7.62. The van der Waals surface area contributed by atoms with Crippen LogP contribution in [0, 0.1) is 5.82 Å². The van der Waals surface area contributed by atoms with Crippen molar-refractivity contribution in [2.24, 2.45) is 0 Å². The first-order valence-corrected chi connectivity index (χ1v) is 11.5. The number of halogens is 1. The molecule has 1 aromatic heterocycles. The van der Waals surface area contributed by atoms with E-state index in [0.717, 1.165) is 29.0 Å². The van der Waals surface area contributed by atoms with Crippen LogP contribution in [-0.2, 0) is 4.74 Å². The molecule has 2 heterocycles.